The maximum absolute atomic E-state index is 6.10. The predicted molar refractivity (Wildman–Crippen MR) is 97.3 cm³/mol. The Labute approximate surface area is 143 Å². The Bertz CT molecular complexity index is 676. The molecule has 2 unspecified atom stereocenters. The molecule has 128 valence electrons. The highest BCUT2D eigenvalue weighted by Crippen LogP contribution is 2.30. The summed E-state index contributed by atoms with van der Waals surface area (Å²) >= 11 is 0. The van der Waals surface area contributed by atoms with Crippen molar-refractivity contribution >= 4 is 5.82 Å². The van der Waals surface area contributed by atoms with Crippen molar-refractivity contribution in [2.45, 2.75) is 45.3 Å². The maximum Gasteiger partial charge on any atom is 0.147 e. The zero-order valence-corrected chi connectivity index (χ0v) is 14.5. The Morgan fingerprint density at radius 2 is 2.17 bits per heavy atom. The van der Waals surface area contributed by atoms with Gasteiger partial charge in [-0.3, -0.25) is 4.98 Å². The number of nitrogens with zero attached hydrogens (tertiary/aromatic N) is 3. The number of benzene rings is 1. The van der Waals surface area contributed by atoms with Crippen LogP contribution < -0.4 is 15.4 Å². The van der Waals surface area contributed by atoms with E-state index in [0.717, 1.165) is 55.2 Å². The van der Waals surface area contributed by atoms with Gasteiger partial charge in [-0.15, -0.1) is 0 Å². The van der Waals surface area contributed by atoms with E-state index >= 15 is 0 Å². The standard InChI is InChI=1S/C19H26N4O/c1-3-14(2)24-18-9-5-4-8-16(18)17-11-21-12-19(22-17)23-10-6-7-15(20)13-23/h4-5,8-9,11-12,14-15H,3,6-7,10,13,20H2,1-2H3. The summed E-state index contributed by atoms with van der Waals surface area (Å²) in [6.45, 7) is 6.02. The Kier molecular flexibility index (Phi) is 5.30. The molecule has 2 N–H and O–H groups in total. The van der Waals surface area contributed by atoms with Gasteiger partial charge in [0.15, 0.2) is 0 Å². The van der Waals surface area contributed by atoms with E-state index in [1.54, 1.807) is 6.20 Å². The number of hydrogen-bond acceptors (Lipinski definition) is 5. The van der Waals surface area contributed by atoms with E-state index in [1.807, 2.05) is 30.5 Å². The van der Waals surface area contributed by atoms with Crippen molar-refractivity contribution in [1.82, 2.24) is 9.97 Å². The van der Waals surface area contributed by atoms with Gasteiger partial charge in [0.2, 0.25) is 0 Å². The molecule has 0 aliphatic carbocycles. The van der Waals surface area contributed by atoms with Gasteiger partial charge < -0.3 is 15.4 Å². The monoisotopic (exact) mass is 326 g/mol. The molecule has 0 radical (unpaired) electrons. The summed E-state index contributed by atoms with van der Waals surface area (Å²) < 4.78 is 6.05. The minimum absolute atomic E-state index is 0.169. The second-order valence-corrected chi connectivity index (χ2v) is 6.44. The van der Waals surface area contributed by atoms with Crippen LogP contribution in [0.4, 0.5) is 5.82 Å². The quantitative estimate of drug-likeness (QED) is 0.914. The molecule has 1 aromatic carbocycles. The maximum atomic E-state index is 6.10. The molecule has 5 nitrogen and oxygen atoms in total. The number of nitrogens with two attached hydrogens (primary N) is 1. The van der Waals surface area contributed by atoms with Gasteiger partial charge in [-0.2, -0.15) is 0 Å². The first-order valence-electron chi connectivity index (χ1n) is 8.76. The molecule has 3 rings (SSSR count). The van der Waals surface area contributed by atoms with Crippen molar-refractivity contribution in [1.29, 1.82) is 0 Å². The second-order valence-electron chi connectivity index (χ2n) is 6.44. The third-order valence-corrected chi connectivity index (χ3v) is 4.47. The fourth-order valence-corrected chi connectivity index (χ4v) is 2.94. The highest BCUT2D eigenvalue weighted by molar-refractivity contribution is 5.67. The van der Waals surface area contributed by atoms with Crippen molar-refractivity contribution in [3.8, 4) is 17.0 Å². The summed E-state index contributed by atoms with van der Waals surface area (Å²) in [7, 11) is 0. The SMILES string of the molecule is CCC(C)Oc1ccccc1-c1cncc(N2CCCC(N)C2)n1. The van der Waals surface area contributed by atoms with E-state index in [0.29, 0.717) is 0 Å². The molecule has 0 bridgehead atoms. The average Bonchev–Trinajstić information content (AvgIpc) is 2.62. The first kappa shape index (κ1) is 16.7. The molecule has 2 aromatic rings. The number of aromatic nitrogens is 2. The molecule has 0 saturated carbocycles. The van der Waals surface area contributed by atoms with Crippen LogP contribution in [0.15, 0.2) is 36.7 Å². The largest absolute Gasteiger partial charge is 0.490 e. The van der Waals surface area contributed by atoms with Crippen molar-refractivity contribution in [3.05, 3.63) is 36.7 Å². The number of para-hydroxylation sites is 1. The molecule has 2 heterocycles. The van der Waals surface area contributed by atoms with Crippen LogP contribution in [-0.2, 0) is 0 Å². The van der Waals surface area contributed by atoms with Crippen LogP contribution in [0.5, 0.6) is 5.75 Å². The Morgan fingerprint density at radius 1 is 1.33 bits per heavy atom. The van der Waals surface area contributed by atoms with Gasteiger partial charge in [-0.25, -0.2) is 4.98 Å². The summed E-state index contributed by atoms with van der Waals surface area (Å²) in [5, 5.41) is 0. The normalized spacial score (nSPS) is 19.1. The minimum atomic E-state index is 0.169. The number of anilines is 1. The zero-order chi connectivity index (χ0) is 16.9. The lowest BCUT2D eigenvalue weighted by Gasteiger charge is -2.31. The van der Waals surface area contributed by atoms with Crippen LogP contribution in [0, 0.1) is 0 Å². The molecule has 0 spiro atoms. The van der Waals surface area contributed by atoms with Gasteiger partial charge in [-0.1, -0.05) is 19.1 Å². The third kappa shape index (κ3) is 3.85. The number of hydrogen-bond donors (Lipinski definition) is 1. The lowest BCUT2D eigenvalue weighted by Crippen LogP contribution is -2.43. The van der Waals surface area contributed by atoms with Gasteiger partial charge >= 0.3 is 0 Å². The predicted octanol–water partition coefficient (Wildman–Crippen LogP) is 3.25. The van der Waals surface area contributed by atoms with E-state index < -0.39 is 0 Å². The van der Waals surface area contributed by atoms with Crippen LogP contribution >= 0.6 is 0 Å². The highest BCUT2D eigenvalue weighted by atomic mass is 16.5. The average molecular weight is 326 g/mol. The molecule has 2 atom stereocenters. The van der Waals surface area contributed by atoms with Gasteiger partial charge in [0.25, 0.3) is 0 Å². The number of ether oxygens (including phenoxy) is 1. The van der Waals surface area contributed by atoms with Gasteiger partial charge in [0, 0.05) is 24.7 Å². The number of piperidine rings is 1. The summed E-state index contributed by atoms with van der Waals surface area (Å²) in [5.74, 6) is 1.75. The molecule has 1 saturated heterocycles. The van der Waals surface area contributed by atoms with Gasteiger partial charge in [0.05, 0.1) is 24.2 Å². The van der Waals surface area contributed by atoms with E-state index in [-0.39, 0.29) is 12.1 Å². The molecule has 1 aromatic heterocycles. The van der Waals surface area contributed by atoms with Crippen LogP contribution in [0.3, 0.4) is 0 Å². The van der Waals surface area contributed by atoms with Crippen LogP contribution in [0.2, 0.25) is 0 Å². The second kappa shape index (κ2) is 7.62. The van der Waals surface area contributed by atoms with Crippen molar-refractivity contribution in [2.75, 3.05) is 18.0 Å². The molecule has 0 amide bonds. The molecule has 5 heteroatoms. The third-order valence-electron chi connectivity index (χ3n) is 4.47. The first-order valence-corrected chi connectivity index (χ1v) is 8.76. The molecular formula is C19H26N4O. The van der Waals surface area contributed by atoms with E-state index in [4.69, 9.17) is 15.5 Å². The van der Waals surface area contributed by atoms with Crippen LogP contribution in [0.1, 0.15) is 33.1 Å². The van der Waals surface area contributed by atoms with Gasteiger partial charge in [0.1, 0.15) is 11.6 Å². The summed E-state index contributed by atoms with van der Waals surface area (Å²) in [5.41, 5.74) is 7.91. The van der Waals surface area contributed by atoms with E-state index in [2.05, 4.69) is 23.7 Å². The highest BCUT2D eigenvalue weighted by Gasteiger charge is 2.19. The molecular weight excluding hydrogens is 300 g/mol. The van der Waals surface area contributed by atoms with Gasteiger partial charge in [-0.05, 0) is 38.3 Å². The molecule has 1 aliphatic rings. The first-order chi connectivity index (χ1) is 11.7. The fourth-order valence-electron chi connectivity index (χ4n) is 2.94. The summed E-state index contributed by atoms with van der Waals surface area (Å²) in [6, 6.07) is 8.23. The van der Waals surface area contributed by atoms with Crippen LogP contribution in [-0.4, -0.2) is 35.2 Å². The summed E-state index contributed by atoms with van der Waals surface area (Å²) in [4.78, 5) is 11.4. The fraction of sp³-hybridized carbons (Fsp3) is 0.474. The Morgan fingerprint density at radius 3 is 2.96 bits per heavy atom. The lowest BCUT2D eigenvalue weighted by atomic mass is 10.1. The van der Waals surface area contributed by atoms with E-state index in [9.17, 15) is 0 Å². The zero-order valence-electron chi connectivity index (χ0n) is 14.5. The van der Waals surface area contributed by atoms with Crippen molar-refractivity contribution < 1.29 is 4.74 Å². The Balaban J connectivity index is 1.89. The van der Waals surface area contributed by atoms with Crippen molar-refractivity contribution in [3.63, 3.8) is 0 Å². The minimum Gasteiger partial charge on any atom is -0.490 e. The molecule has 1 fully saturated rings. The topological polar surface area (TPSA) is 64.3 Å². The molecule has 24 heavy (non-hydrogen) atoms. The Hall–Kier alpha value is -2.14. The molecule has 1 aliphatic heterocycles. The van der Waals surface area contributed by atoms with E-state index in [1.165, 1.54) is 0 Å². The number of rotatable bonds is 5. The van der Waals surface area contributed by atoms with Crippen molar-refractivity contribution in [2.24, 2.45) is 5.73 Å². The van der Waals surface area contributed by atoms with Crippen LogP contribution in [0.25, 0.3) is 11.3 Å². The lowest BCUT2D eigenvalue weighted by molar-refractivity contribution is 0.218. The smallest absolute Gasteiger partial charge is 0.147 e. The summed E-state index contributed by atoms with van der Waals surface area (Å²) in [6.07, 6.45) is 6.93.